The second-order valence-electron chi connectivity index (χ2n) is 11.2. The minimum absolute atomic E-state index is 0.0917. The number of para-hydroxylation sites is 2. The first kappa shape index (κ1) is 25.5. The Morgan fingerprint density at radius 2 is 1.71 bits per heavy atom. The number of carbonyl (C=O) groups is 1. The number of hydrogen-bond donors (Lipinski definition) is 2. The molecule has 3 heterocycles. The highest BCUT2D eigenvalue weighted by Gasteiger charge is 2.37. The van der Waals surface area contributed by atoms with Gasteiger partial charge >= 0.3 is 0 Å². The molecule has 0 aliphatic carbocycles. The van der Waals surface area contributed by atoms with Crippen molar-refractivity contribution in [3.05, 3.63) is 119 Å². The summed E-state index contributed by atoms with van der Waals surface area (Å²) in [4.78, 5) is 26.0. The van der Waals surface area contributed by atoms with Crippen molar-refractivity contribution in [2.45, 2.75) is 31.3 Å². The number of aromatic hydroxyl groups is 1. The second kappa shape index (κ2) is 10.2. The van der Waals surface area contributed by atoms with E-state index in [1.54, 1.807) is 4.90 Å². The number of rotatable bonds is 5. The van der Waals surface area contributed by atoms with Gasteiger partial charge in [0.25, 0.3) is 5.91 Å². The Balaban J connectivity index is 1.22. The van der Waals surface area contributed by atoms with Crippen LogP contribution in [-0.2, 0) is 6.54 Å². The van der Waals surface area contributed by atoms with Gasteiger partial charge in [-0.15, -0.1) is 0 Å². The first-order valence-electron chi connectivity index (χ1n) is 14.1. The third-order valence-corrected chi connectivity index (χ3v) is 8.64. The van der Waals surface area contributed by atoms with Crippen molar-refractivity contribution >= 4 is 16.9 Å². The summed E-state index contributed by atoms with van der Waals surface area (Å²) in [5.74, 6) is 0.293. The van der Waals surface area contributed by atoms with Crippen LogP contribution in [0, 0.1) is 5.82 Å². The number of piperidine rings is 1. The molecule has 1 aromatic heterocycles. The van der Waals surface area contributed by atoms with Crippen LogP contribution in [0.2, 0.25) is 0 Å². The molecule has 1 fully saturated rings. The molecule has 1 amide bonds. The van der Waals surface area contributed by atoms with Crippen LogP contribution in [0.25, 0.3) is 22.2 Å². The number of phenolic OH excluding ortho intramolecular Hbond substituents is 1. The number of benzene rings is 4. The van der Waals surface area contributed by atoms with E-state index >= 15 is 0 Å². The number of likely N-dealkylation sites (tertiary alicyclic amines) is 1. The topological polar surface area (TPSA) is 72.5 Å². The fourth-order valence-corrected chi connectivity index (χ4v) is 6.31. The average molecular weight is 547 g/mol. The molecular formula is C34H31FN4O2. The second-order valence-corrected chi connectivity index (χ2v) is 11.2. The summed E-state index contributed by atoms with van der Waals surface area (Å²) in [5.41, 5.74) is 6.73. The fourth-order valence-electron chi connectivity index (χ4n) is 6.31. The summed E-state index contributed by atoms with van der Waals surface area (Å²) in [6, 6.07) is 25.3. The van der Waals surface area contributed by atoms with Gasteiger partial charge in [0.15, 0.2) is 0 Å². The van der Waals surface area contributed by atoms with E-state index in [1.807, 2.05) is 36.4 Å². The highest BCUT2D eigenvalue weighted by atomic mass is 19.1. The first-order chi connectivity index (χ1) is 19.9. The lowest BCUT2D eigenvalue weighted by molar-refractivity contribution is 0.0723. The molecular weight excluding hydrogens is 515 g/mol. The largest absolute Gasteiger partial charge is 0.508 e. The predicted molar refractivity (Wildman–Crippen MR) is 157 cm³/mol. The molecule has 5 aromatic rings. The van der Waals surface area contributed by atoms with Crippen LogP contribution < -0.4 is 0 Å². The SMILES string of the molecule is CN1CCC(c2ccc(-c3ccc4c(c3)C(=O)N([C@H](c3nc5ccccc5[nH]3)c3cc(F)ccc3O)C4)cc2)CC1. The summed E-state index contributed by atoms with van der Waals surface area (Å²) >= 11 is 0. The number of halogens is 1. The smallest absolute Gasteiger partial charge is 0.255 e. The van der Waals surface area contributed by atoms with Gasteiger partial charge in [-0.2, -0.15) is 0 Å². The Hall–Kier alpha value is -4.49. The number of aromatic amines is 1. The molecule has 7 heteroatoms. The Morgan fingerprint density at radius 1 is 0.951 bits per heavy atom. The van der Waals surface area contributed by atoms with Gasteiger partial charge in [0, 0.05) is 17.7 Å². The number of aromatic nitrogens is 2. The van der Waals surface area contributed by atoms with Crippen LogP contribution in [0.15, 0.2) is 84.9 Å². The lowest BCUT2D eigenvalue weighted by Gasteiger charge is -2.29. The van der Waals surface area contributed by atoms with E-state index in [0.29, 0.717) is 23.9 Å². The normalized spacial score (nSPS) is 16.8. The Morgan fingerprint density at radius 3 is 2.49 bits per heavy atom. The van der Waals surface area contributed by atoms with Crippen molar-refractivity contribution in [3.63, 3.8) is 0 Å². The summed E-state index contributed by atoms with van der Waals surface area (Å²) in [6.45, 7) is 2.57. The van der Waals surface area contributed by atoms with Crippen LogP contribution in [-0.4, -0.2) is 50.9 Å². The number of hydrogen-bond acceptors (Lipinski definition) is 4. The highest BCUT2D eigenvalue weighted by molar-refractivity contribution is 6.00. The van der Waals surface area contributed by atoms with E-state index in [-0.39, 0.29) is 17.2 Å². The van der Waals surface area contributed by atoms with Crippen molar-refractivity contribution < 1.29 is 14.3 Å². The Labute approximate surface area is 238 Å². The minimum Gasteiger partial charge on any atom is -0.508 e. The van der Waals surface area contributed by atoms with Gasteiger partial charge in [-0.05, 0) is 97.5 Å². The van der Waals surface area contributed by atoms with Gasteiger partial charge in [0.05, 0.1) is 11.0 Å². The molecule has 1 saturated heterocycles. The van der Waals surface area contributed by atoms with Gasteiger partial charge < -0.3 is 19.9 Å². The average Bonchev–Trinajstić information content (AvgIpc) is 3.56. The first-order valence-corrected chi connectivity index (χ1v) is 14.1. The molecule has 2 aliphatic rings. The zero-order chi connectivity index (χ0) is 28.1. The number of nitrogens with one attached hydrogen (secondary N) is 1. The number of imidazole rings is 1. The van der Waals surface area contributed by atoms with E-state index in [4.69, 9.17) is 4.98 Å². The molecule has 0 saturated carbocycles. The lowest BCUT2D eigenvalue weighted by Crippen LogP contribution is -2.31. The van der Waals surface area contributed by atoms with Crippen molar-refractivity contribution in [2.75, 3.05) is 20.1 Å². The van der Waals surface area contributed by atoms with E-state index in [0.717, 1.165) is 40.8 Å². The van der Waals surface area contributed by atoms with Gasteiger partial charge in [-0.3, -0.25) is 4.79 Å². The zero-order valence-corrected chi connectivity index (χ0v) is 22.8. The number of phenols is 1. The summed E-state index contributed by atoms with van der Waals surface area (Å²) in [7, 11) is 2.18. The predicted octanol–water partition coefficient (Wildman–Crippen LogP) is 6.63. The maximum Gasteiger partial charge on any atom is 0.255 e. The molecule has 6 nitrogen and oxygen atoms in total. The van der Waals surface area contributed by atoms with E-state index < -0.39 is 11.9 Å². The number of carbonyl (C=O) groups excluding carboxylic acids is 1. The molecule has 0 bridgehead atoms. The summed E-state index contributed by atoms with van der Waals surface area (Å²) < 4.78 is 14.4. The quantitative estimate of drug-likeness (QED) is 0.260. The van der Waals surface area contributed by atoms with Crippen molar-refractivity contribution in [1.29, 1.82) is 0 Å². The van der Waals surface area contributed by atoms with Crippen molar-refractivity contribution in [2.24, 2.45) is 0 Å². The molecule has 7 rings (SSSR count). The van der Waals surface area contributed by atoms with Gasteiger partial charge in [-0.1, -0.05) is 48.5 Å². The molecule has 206 valence electrons. The minimum atomic E-state index is -0.796. The summed E-state index contributed by atoms with van der Waals surface area (Å²) in [5, 5.41) is 10.8. The Kier molecular flexibility index (Phi) is 6.31. The van der Waals surface area contributed by atoms with Crippen LogP contribution in [0.5, 0.6) is 5.75 Å². The maximum atomic E-state index is 14.4. The molecule has 2 N–H and O–H groups in total. The third kappa shape index (κ3) is 4.66. The molecule has 0 spiro atoms. The summed E-state index contributed by atoms with van der Waals surface area (Å²) in [6.07, 6.45) is 2.35. The van der Waals surface area contributed by atoms with Crippen molar-refractivity contribution in [3.8, 4) is 16.9 Å². The number of fused-ring (bicyclic) bond motifs is 2. The molecule has 2 aliphatic heterocycles. The van der Waals surface area contributed by atoms with Crippen LogP contribution in [0.1, 0.15) is 57.7 Å². The number of H-pyrrole nitrogens is 1. The molecule has 0 radical (unpaired) electrons. The van der Waals surface area contributed by atoms with Gasteiger partial charge in [0.1, 0.15) is 23.4 Å². The standard InChI is InChI=1S/C34H31FN4O2/c1-38-16-14-23(15-17-38)21-6-8-22(9-7-21)24-10-11-25-20-39(34(41)27(25)18-24)32(28-19-26(35)12-13-31(28)40)33-36-29-4-2-3-5-30(29)37-33/h2-13,18-19,23,32,40H,14-17,20H2,1H3,(H,36,37)/t32-/m0/s1. The fraction of sp³-hybridized carbons (Fsp3) is 0.235. The molecule has 4 aromatic carbocycles. The molecule has 1 atom stereocenters. The molecule has 41 heavy (non-hydrogen) atoms. The van der Waals surface area contributed by atoms with Crippen LogP contribution >= 0.6 is 0 Å². The van der Waals surface area contributed by atoms with Crippen LogP contribution in [0.3, 0.4) is 0 Å². The van der Waals surface area contributed by atoms with E-state index in [1.165, 1.54) is 36.6 Å². The van der Waals surface area contributed by atoms with E-state index in [2.05, 4.69) is 47.3 Å². The van der Waals surface area contributed by atoms with Crippen molar-refractivity contribution in [1.82, 2.24) is 19.8 Å². The van der Waals surface area contributed by atoms with Gasteiger partial charge in [0.2, 0.25) is 0 Å². The highest BCUT2D eigenvalue weighted by Crippen LogP contribution is 2.40. The number of amides is 1. The van der Waals surface area contributed by atoms with Crippen LogP contribution in [0.4, 0.5) is 4.39 Å². The van der Waals surface area contributed by atoms with E-state index in [9.17, 15) is 14.3 Å². The van der Waals surface area contributed by atoms with Gasteiger partial charge in [-0.25, -0.2) is 9.37 Å². The maximum absolute atomic E-state index is 14.4. The third-order valence-electron chi connectivity index (χ3n) is 8.64. The molecule has 0 unspecified atom stereocenters. The monoisotopic (exact) mass is 546 g/mol. The number of nitrogens with zero attached hydrogens (tertiary/aromatic N) is 3. The zero-order valence-electron chi connectivity index (χ0n) is 22.8. The lowest BCUT2D eigenvalue weighted by atomic mass is 9.88. The Bertz CT molecular complexity index is 1720.